The van der Waals surface area contributed by atoms with Crippen LogP contribution in [0.2, 0.25) is 0 Å². The van der Waals surface area contributed by atoms with E-state index in [-0.39, 0.29) is 0 Å². The predicted molar refractivity (Wildman–Crippen MR) is 359 cm³/mol. The fourth-order valence-electron chi connectivity index (χ4n) is 13.0. The van der Waals surface area contributed by atoms with Crippen LogP contribution in [0.15, 0.2) is 95.7 Å². The van der Waals surface area contributed by atoms with Crippen LogP contribution >= 0.6 is 0 Å². The van der Waals surface area contributed by atoms with E-state index in [2.05, 4.69) is 146 Å². The molecule has 9 rings (SSSR count). The predicted octanol–water partition coefficient (Wildman–Crippen LogP) is 20.5. The Balaban J connectivity index is 1.16. The Morgan fingerprint density at radius 3 is 0.607 bits per heavy atom. The van der Waals surface area contributed by atoms with Gasteiger partial charge in [0.2, 0.25) is 0 Å². The molecule has 8 aromatic rings. The van der Waals surface area contributed by atoms with Crippen LogP contribution < -0.4 is 39.8 Å². The molecular formula is C80H96O4. The Bertz CT molecular complexity index is 3410. The highest BCUT2D eigenvalue weighted by atomic mass is 16.5. The minimum atomic E-state index is 0.646. The topological polar surface area (TPSA) is 36.9 Å². The molecule has 0 heterocycles. The summed E-state index contributed by atoms with van der Waals surface area (Å²) in [7, 11) is 0. The van der Waals surface area contributed by atoms with Crippen molar-refractivity contribution in [2.45, 2.75) is 233 Å². The molecule has 440 valence electrons. The number of fused-ring (bicyclic) bond motifs is 6. The van der Waals surface area contributed by atoms with E-state index in [0.29, 0.717) is 26.4 Å². The van der Waals surface area contributed by atoms with E-state index in [1.165, 1.54) is 154 Å². The van der Waals surface area contributed by atoms with Crippen molar-refractivity contribution in [1.29, 1.82) is 0 Å². The van der Waals surface area contributed by atoms with Gasteiger partial charge in [0.05, 0.1) is 26.4 Å². The lowest BCUT2D eigenvalue weighted by molar-refractivity contribution is 0.263. The van der Waals surface area contributed by atoms with Crippen LogP contribution in [0.25, 0.3) is 87.6 Å². The summed E-state index contributed by atoms with van der Waals surface area (Å²) < 4.78 is 27.8. The molecule has 0 N–H and O–H groups in total. The maximum atomic E-state index is 6.96. The number of unbranched alkanes of at least 4 members (excludes halogenated alkanes) is 28. The molecule has 8 aromatic carbocycles. The third-order valence-corrected chi connectivity index (χ3v) is 17.6. The van der Waals surface area contributed by atoms with Crippen molar-refractivity contribution in [3.05, 3.63) is 117 Å². The van der Waals surface area contributed by atoms with Crippen LogP contribution in [-0.4, -0.2) is 26.4 Å². The van der Waals surface area contributed by atoms with Crippen molar-refractivity contribution in [2.24, 2.45) is 0 Å². The highest BCUT2D eigenvalue weighted by molar-refractivity contribution is 6.28. The maximum Gasteiger partial charge on any atom is 0.169 e. The number of ether oxygens (including phenoxy) is 4. The van der Waals surface area contributed by atoms with Crippen LogP contribution in [0.1, 0.15) is 233 Å². The average Bonchev–Trinajstić information content (AvgIpc) is 0.846. The van der Waals surface area contributed by atoms with E-state index in [9.17, 15) is 0 Å². The van der Waals surface area contributed by atoms with Gasteiger partial charge in [-0.3, -0.25) is 0 Å². The maximum absolute atomic E-state index is 6.96. The van der Waals surface area contributed by atoms with Crippen LogP contribution in [0, 0.1) is 0 Å². The SMILES string of the molecule is CCCCCCCCCCOc1c(OCCCCCCCCCC)c2cccc3c4c(c5cccc1c5c23)=C=C=C=C=c1c(c2cccc3c(OCCCCCCCCCC)c(OCCCCCCCCCC)c5cccc1c5c32)=C=C=C=C=4. The Kier molecular flexibility index (Phi) is 24.8. The van der Waals surface area contributed by atoms with Gasteiger partial charge in [-0.25, -0.2) is 0 Å². The van der Waals surface area contributed by atoms with Gasteiger partial charge in [-0.2, -0.15) is 0 Å². The first-order valence-corrected chi connectivity index (χ1v) is 33.8. The summed E-state index contributed by atoms with van der Waals surface area (Å²) in [6.45, 7) is 11.7. The van der Waals surface area contributed by atoms with Crippen LogP contribution in [0.5, 0.6) is 23.0 Å². The van der Waals surface area contributed by atoms with Crippen molar-refractivity contribution in [3.8, 4) is 23.0 Å². The molecule has 0 aliphatic heterocycles. The third kappa shape index (κ3) is 15.6. The van der Waals surface area contributed by atoms with Gasteiger partial charge in [0, 0.05) is 85.5 Å². The van der Waals surface area contributed by atoms with Gasteiger partial charge in [0.1, 0.15) is 0 Å². The minimum Gasteiger partial charge on any atom is -0.489 e. The van der Waals surface area contributed by atoms with Crippen molar-refractivity contribution in [3.63, 3.8) is 0 Å². The summed E-state index contributed by atoms with van der Waals surface area (Å²) in [6.07, 6.45) is 39.9. The third-order valence-electron chi connectivity index (χ3n) is 17.6. The molecule has 1 aliphatic rings. The molecule has 1 aliphatic carbocycles. The summed E-state index contributed by atoms with van der Waals surface area (Å²) in [5.74, 6) is 3.36. The lowest BCUT2D eigenvalue weighted by Crippen LogP contribution is -2.25. The standard InChI is InChI=1S/C80H96O4/c1-5-9-13-17-21-25-29-37-57-81-77-69-53-41-49-65-61-45-33-34-47-63-64(48-36-35-46-62(61)66-50-42-54-70(74(66)73(65)69)78(77)82-58-38-30-26-22-18-14-10-6-2)68-52-44-56-72-76(68)75-67(63)51-43-55-71(75)79(83-59-39-31-27-23-19-15-11-7-3)80(72)84-60-40-32-28-24-20-16-12-8-4/h41-44,49-56H,5-32,37-40,57-60H2,1-4H3. The van der Waals surface area contributed by atoms with Gasteiger partial charge in [-0.05, 0) is 48.6 Å². The van der Waals surface area contributed by atoms with E-state index in [1.54, 1.807) is 0 Å². The van der Waals surface area contributed by atoms with E-state index < -0.39 is 0 Å². The Morgan fingerprint density at radius 2 is 0.405 bits per heavy atom. The molecule has 0 saturated carbocycles. The first-order valence-electron chi connectivity index (χ1n) is 33.8. The zero-order chi connectivity index (χ0) is 58.0. The summed E-state index contributed by atoms with van der Waals surface area (Å²) in [5, 5.41) is 16.3. The number of hydrogen-bond donors (Lipinski definition) is 0. The van der Waals surface area contributed by atoms with Gasteiger partial charge in [-0.15, -0.1) is 0 Å². The summed E-state index contributed by atoms with van der Waals surface area (Å²) in [4.78, 5) is 0. The average molecular weight is 1120 g/mol. The molecule has 0 aromatic heterocycles. The normalized spacial score (nSPS) is 11.9. The number of benzene rings is 8. The van der Waals surface area contributed by atoms with Crippen molar-refractivity contribution in [2.75, 3.05) is 26.4 Å². The molecular weight excluding hydrogens is 1020 g/mol. The molecule has 0 saturated heterocycles. The van der Waals surface area contributed by atoms with E-state index in [1.807, 2.05) is 0 Å². The monoisotopic (exact) mass is 1120 g/mol. The smallest absolute Gasteiger partial charge is 0.169 e. The fraction of sp³-hybridized carbons (Fsp3) is 0.500. The first kappa shape index (κ1) is 61.8. The van der Waals surface area contributed by atoms with Crippen molar-refractivity contribution < 1.29 is 18.9 Å². The second-order valence-electron chi connectivity index (χ2n) is 24.0. The Labute approximate surface area is 503 Å². The zero-order valence-electron chi connectivity index (χ0n) is 52.0. The zero-order valence-corrected chi connectivity index (χ0v) is 52.0. The van der Waals surface area contributed by atoms with Crippen molar-refractivity contribution >= 4 is 87.6 Å². The molecule has 4 nitrogen and oxygen atoms in total. The summed E-state index contributed by atoms with van der Waals surface area (Å²) in [5.41, 5.74) is 28.0. The highest BCUT2D eigenvalue weighted by Crippen LogP contribution is 2.48. The van der Waals surface area contributed by atoms with Gasteiger partial charge >= 0.3 is 0 Å². The lowest BCUT2D eigenvalue weighted by atomic mass is 9.90. The molecule has 0 unspecified atom stereocenters. The van der Waals surface area contributed by atoms with E-state index in [0.717, 1.165) is 160 Å². The minimum absolute atomic E-state index is 0.646. The summed E-state index contributed by atoms with van der Waals surface area (Å²) in [6, 6.07) is 26.2. The van der Waals surface area contributed by atoms with Gasteiger partial charge < -0.3 is 18.9 Å². The highest BCUT2D eigenvalue weighted by Gasteiger charge is 2.24. The molecule has 0 fully saturated rings. The lowest BCUT2D eigenvalue weighted by Gasteiger charge is -2.21. The molecule has 84 heavy (non-hydrogen) atoms. The molecule has 0 atom stereocenters. The van der Waals surface area contributed by atoms with E-state index in [4.69, 9.17) is 18.9 Å². The first-order chi connectivity index (χ1) is 41.7. The molecule has 0 bridgehead atoms. The molecule has 0 amide bonds. The van der Waals surface area contributed by atoms with Gasteiger partial charge in [0.25, 0.3) is 0 Å². The summed E-state index contributed by atoms with van der Waals surface area (Å²) >= 11 is 0. The fourth-order valence-corrected chi connectivity index (χ4v) is 13.0. The van der Waals surface area contributed by atoms with Crippen LogP contribution in [-0.2, 0) is 0 Å². The Hall–Kier alpha value is -6.72. The quantitative estimate of drug-likeness (QED) is 0.0218. The van der Waals surface area contributed by atoms with Crippen LogP contribution in [0.3, 0.4) is 0 Å². The van der Waals surface area contributed by atoms with E-state index >= 15 is 0 Å². The molecule has 0 spiro atoms. The second kappa shape index (κ2) is 33.7. The van der Waals surface area contributed by atoms with Gasteiger partial charge in [-0.1, -0.05) is 303 Å². The largest absolute Gasteiger partial charge is 0.489 e. The number of hydrogen-bond acceptors (Lipinski definition) is 4. The molecule has 4 heteroatoms. The number of rotatable bonds is 40. The van der Waals surface area contributed by atoms with Gasteiger partial charge in [0.15, 0.2) is 23.0 Å². The second-order valence-corrected chi connectivity index (χ2v) is 24.0. The van der Waals surface area contributed by atoms with Crippen molar-refractivity contribution in [1.82, 2.24) is 0 Å². The Morgan fingerprint density at radius 1 is 0.226 bits per heavy atom. The molecule has 0 radical (unpaired) electrons. The van der Waals surface area contributed by atoms with Crippen LogP contribution in [0.4, 0.5) is 0 Å².